The third-order valence-electron chi connectivity index (χ3n) is 0.849. The fourth-order valence-corrected chi connectivity index (χ4v) is 1.07. The van der Waals surface area contributed by atoms with Crippen molar-refractivity contribution in [2.24, 2.45) is 0 Å². The molecule has 1 aromatic carbocycles. The minimum atomic E-state index is 0. The Kier molecular flexibility index (Phi) is 14.9. The van der Waals surface area contributed by atoms with Crippen LogP contribution >= 0.6 is 0 Å². The van der Waals surface area contributed by atoms with E-state index in [-0.39, 0.29) is 38.8 Å². The van der Waals surface area contributed by atoms with Crippen molar-refractivity contribution in [3.8, 4) is 0 Å². The van der Waals surface area contributed by atoms with Crippen LogP contribution in [-0.4, -0.2) is 55.9 Å². The summed E-state index contributed by atoms with van der Waals surface area (Å²) >= 11 is 5.88. The molecule has 0 aromatic heterocycles. The first kappa shape index (κ1) is 18.0. The normalized spacial score (nSPS) is 6.55. The van der Waals surface area contributed by atoms with Gasteiger partial charge in [0.15, 0.2) is 0 Å². The fraction of sp³-hybridized carbons (Fsp3) is 0.250. The molecule has 1 aromatic rings. The standard InChI is InChI=1S/C6H6Se2.2CH4.Sn/c7-5-3-1-2-4-6(5)8;;;/h1-4,7-8H;2*1H4;/q;;;+2/p-2. The van der Waals surface area contributed by atoms with Gasteiger partial charge in [0, 0.05) is 0 Å². The van der Waals surface area contributed by atoms with Crippen LogP contribution in [0.1, 0.15) is 14.9 Å². The molecule has 0 aliphatic rings. The van der Waals surface area contributed by atoms with Crippen molar-refractivity contribution in [1.29, 1.82) is 0 Å². The van der Waals surface area contributed by atoms with Crippen LogP contribution in [0.5, 0.6) is 0 Å². The summed E-state index contributed by atoms with van der Waals surface area (Å²) in [7, 11) is 0. The van der Waals surface area contributed by atoms with Crippen molar-refractivity contribution in [2.45, 2.75) is 14.9 Å². The Labute approximate surface area is 103 Å². The summed E-state index contributed by atoms with van der Waals surface area (Å²) in [5.74, 6) is 0. The molecule has 0 nitrogen and oxygen atoms in total. The summed E-state index contributed by atoms with van der Waals surface area (Å²) in [4.78, 5) is 0. The molecule has 1 rings (SSSR count). The third-order valence-corrected chi connectivity index (χ3v) is 3.00. The molecule has 0 aliphatic heterocycles. The molecule has 0 spiro atoms. The zero-order valence-electron chi connectivity index (χ0n) is 4.63. The molecule has 0 bridgehead atoms. The van der Waals surface area contributed by atoms with Gasteiger partial charge in [-0.25, -0.2) is 0 Å². The summed E-state index contributed by atoms with van der Waals surface area (Å²) in [6.07, 6.45) is 0. The number of hydrogen-bond acceptors (Lipinski definition) is 0. The zero-order valence-corrected chi connectivity index (χ0v) is 10.9. The van der Waals surface area contributed by atoms with E-state index in [0.29, 0.717) is 0 Å². The molecule has 60 valence electrons. The van der Waals surface area contributed by atoms with Crippen molar-refractivity contribution >= 4 is 64.9 Å². The van der Waals surface area contributed by atoms with Gasteiger partial charge in [0.1, 0.15) is 0 Å². The SMILES string of the molecule is C.C.[Se-]c1ccccc1[Se-].[Sn+2]. The predicted octanol–water partition coefficient (Wildman–Crippen LogP) is 0.166. The zero-order chi connectivity index (χ0) is 5.98. The average molecular weight is 385 g/mol. The summed E-state index contributed by atoms with van der Waals surface area (Å²) in [5, 5.41) is 0. The van der Waals surface area contributed by atoms with E-state index in [1.54, 1.807) is 0 Å². The molecule has 11 heavy (non-hydrogen) atoms. The van der Waals surface area contributed by atoms with Crippen LogP contribution in [-0.2, 0) is 0 Å². The third kappa shape index (κ3) is 6.24. The van der Waals surface area contributed by atoms with Crippen molar-refractivity contribution in [3.05, 3.63) is 24.3 Å². The maximum atomic E-state index is 2.94. The Morgan fingerprint density at radius 3 is 1.27 bits per heavy atom. The average Bonchev–Trinajstić information content (AvgIpc) is 1.77. The summed E-state index contributed by atoms with van der Waals surface area (Å²) in [6.45, 7) is 0. The van der Waals surface area contributed by atoms with Crippen LogP contribution in [0, 0.1) is 0 Å². The largest absolute Gasteiger partial charge is 2.00 e. The van der Waals surface area contributed by atoms with Crippen LogP contribution in [0.25, 0.3) is 0 Å². The maximum absolute atomic E-state index is 2.94. The number of benzene rings is 1. The fourth-order valence-electron chi connectivity index (χ4n) is 0.450. The molecule has 0 saturated heterocycles. The first-order chi connectivity index (χ1) is 3.80. The van der Waals surface area contributed by atoms with E-state index in [1.165, 1.54) is 8.92 Å². The first-order valence-electron chi connectivity index (χ1n) is 2.24. The molecule has 0 amide bonds. The second-order valence-electron chi connectivity index (χ2n) is 1.45. The molecule has 0 heterocycles. The van der Waals surface area contributed by atoms with Crippen LogP contribution in [0.3, 0.4) is 0 Å². The second kappa shape index (κ2) is 9.15. The summed E-state index contributed by atoms with van der Waals surface area (Å²) < 4.78 is 2.38. The minimum Gasteiger partial charge on any atom is 2.00 e. The number of hydrogen-bond donors (Lipinski definition) is 0. The molecule has 0 unspecified atom stereocenters. The van der Waals surface area contributed by atoms with E-state index in [4.69, 9.17) is 0 Å². The van der Waals surface area contributed by atoms with Crippen molar-refractivity contribution < 1.29 is 0 Å². The Morgan fingerprint density at radius 1 is 0.818 bits per heavy atom. The predicted molar refractivity (Wildman–Crippen MR) is 56.4 cm³/mol. The van der Waals surface area contributed by atoms with Gasteiger partial charge in [-0.2, -0.15) is 0 Å². The van der Waals surface area contributed by atoms with Gasteiger partial charge in [-0.15, -0.1) is 0 Å². The Bertz CT molecular complexity index is 168. The minimum absolute atomic E-state index is 0. The van der Waals surface area contributed by atoms with E-state index in [9.17, 15) is 0 Å². The van der Waals surface area contributed by atoms with Crippen LogP contribution in [0.4, 0.5) is 0 Å². The molecule has 0 N–H and O–H groups in total. The van der Waals surface area contributed by atoms with Crippen molar-refractivity contribution in [1.82, 2.24) is 0 Å². The molecular formula is C8H12Se2Sn. The van der Waals surface area contributed by atoms with Gasteiger partial charge >= 0.3 is 89.1 Å². The van der Waals surface area contributed by atoms with E-state index < -0.39 is 0 Å². The van der Waals surface area contributed by atoms with Gasteiger partial charge in [-0.1, -0.05) is 14.9 Å². The van der Waals surface area contributed by atoms with E-state index in [1.807, 2.05) is 24.3 Å². The summed E-state index contributed by atoms with van der Waals surface area (Å²) in [5.41, 5.74) is 0. The molecule has 0 aliphatic carbocycles. The second-order valence-corrected chi connectivity index (χ2v) is 3.29. The Hall–Kier alpha value is 1.06. The first-order valence-corrected chi connectivity index (χ1v) is 3.95. The Balaban J connectivity index is -0.000000213. The molecular weight excluding hydrogens is 373 g/mol. The van der Waals surface area contributed by atoms with E-state index >= 15 is 0 Å². The van der Waals surface area contributed by atoms with Gasteiger partial charge < -0.3 is 0 Å². The molecule has 0 saturated carbocycles. The maximum Gasteiger partial charge on any atom is 2.00 e. The molecule has 2 radical (unpaired) electrons. The quantitative estimate of drug-likeness (QED) is 0.559. The molecule has 0 fully saturated rings. The van der Waals surface area contributed by atoms with Gasteiger partial charge in [-0.3, -0.25) is 0 Å². The smallest absolute Gasteiger partial charge is 2.00 e. The van der Waals surface area contributed by atoms with Crippen molar-refractivity contribution in [3.63, 3.8) is 0 Å². The van der Waals surface area contributed by atoms with Gasteiger partial charge in [-0.05, 0) is 0 Å². The Morgan fingerprint density at radius 2 is 1.09 bits per heavy atom. The van der Waals surface area contributed by atoms with Crippen LogP contribution in [0.15, 0.2) is 24.3 Å². The van der Waals surface area contributed by atoms with Gasteiger partial charge in [0.05, 0.1) is 0 Å². The van der Waals surface area contributed by atoms with Gasteiger partial charge in [0.25, 0.3) is 0 Å². The molecule has 3 heteroatoms. The topological polar surface area (TPSA) is 0 Å². The van der Waals surface area contributed by atoms with Crippen LogP contribution < -0.4 is 8.92 Å². The van der Waals surface area contributed by atoms with E-state index in [0.717, 1.165) is 0 Å². The number of rotatable bonds is 0. The van der Waals surface area contributed by atoms with Gasteiger partial charge in [0.2, 0.25) is 0 Å². The monoisotopic (exact) mass is 388 g/mol. The molecule has 0 atom stereocenters. The van der Waals surface area contributed by atoms with E-state index in [2.05, 4.69) is 32.0 Å². The van der Waals surface area contributed by atoms with Crippen molar-refractivity contribution in [2.75, 3.05) is 0 Å². The summed E-state index contributed by atoms with van der Waals surface area (Å²) in [6, 6.07) is 8.08. The van der Waals surface area contributed by atoms with Crippen LogP contribution in [0.2, 0.25) is 0 Å².